The van der Waals surface area contributed by atoms with E-state index in [0.717, 1.165) is 11.4 Å². The molecule has 7 nitrogen and oxygen atoms in total. The standard InChI is InChI=1S/C24H25N3O4/c1-15(2)23(29)26-20-9-5-18(6-10-20)22(28)17(4)31-24(30)19-7-11-21(12-8-19)27-16(3)13-14-25-27/h5-15,17H,1-4H3,(H,26,29). The number of anilines is 1. The van der Waals surface area contributed by atoms with Crippen LogP contribution < -0.4 is 5.32 Å². The minimum Gasteiger partial charge on any atom is -0.451 e. The maximum Gasteiger partial charge on any atom is 0.338 e. The van der Waals surface area contributed by atoms with Crippen molar-refractivity contribution in [2.24, 2.45) is 5.92 Å². The lowest BCUT2D eigenvalue weighted by molar-refractivity contribution is -0.118. The zero-order chi connectivity index (χ0) is 22.5. The predicted octanol–water partition coefficient (Wildman–Crippen LogP) is 4.20. The van der Waals surface area contributed by atoms with Crippen LogP contribution in [0.4, 0.5) is 5.69 Å². The van der Waals surface area contributed by atoms with Crippen molar-refractivity contribution in [1.82, 2.24) is 9.78 Å². The Morgan fingerprint density at radius 1 is 0.903 bits per heavy atom. The topological polar surface area (TPSA) is 90.3 Å². The number of Topliss-reactive ketones (excluding diaryl/α,β-unsaturated/α-hetero) is 1. The molecule has 0 aliphatic carbocycles. The number of ketones is 1. The second-order valence-electron chi connectivity index (χ2n) is 7.56. The minimum absolute atomic E-state index is 0.102. The van der Waals surface area contributed by atoms with Crippen LogP contribution in [-0.2, 0) is 9.53 Å². The molecule has 3 aromatic rings. The van der Waals surface area contributed by atoms with E-state index in [0.29, 0.717) is 16.8 Å². The van der Waals surface area contributed by atoms with Gasteiger partial charge in [0.05, 0.1) is 11.3 Å². The molecule has 0 bridgehead atoms. The Bertz CT molecular complexity index is 1080. The summed E-state index contributed by atoms with van der Waals surface area (Å²) in [5, 5.41) is 7.00. The molecule has 0 spiro atoms. The zero-order valence-corrected chi connectivity index (χ0v) is 18.0. The number of rotatable bonds is 7. The Hall–Kier alpha value is -3.74. The highest BCUT2D eigenvalue weighted by Crippen LogP contribution is 2.16. The fourth-order valence-corrected chi connectivity index (χ4v) is 2.90. The van der Waals surface area contributed by atoms with Gasteiger partial charge < -0.3 is 10.1 Å². The van der Waals surface area contributed by atoms with Gasteiger partial charge in [-0.1, -0.05) is 13.8 Å². The van der Waals surface area contributed by atoms with E-state index in [1.54, 1.807) is 73.3 Å². The highest BCUT2D eigenvalue weighted by atomic mass is 16.5. The fourth-order valence-electron chi connectivity index (χ4n) is 2.90. The zero-order valence-electron chi connectivity index (χ0n) is 18.0. The molecule has 7 heteroatoms. The van der Waals surface area contributed by atoms with Gasteiger partial charge in [0.1, 0.15) is 0 Å². The molecule has 0 saturated carbocycles. The maximum absolute atomic E-state index is 12.6. The number of amides is 1. The van der Waals surface area contributed by atoms with Crippen LogP contribution in [0.15, 0.2) is 60.8 Å². The average Bonchev–Trinajstić information content (AvgIpc) is 3.19. The number of carbonyl (C=O) groups is 3. The van der Waals surface area contributed by atoms with Gasteiger partial charge in [0, 0.05) is 29.1 Å². The van der Waals surface area contributed by atoms with Crippen molar-refractivity contribution < 1.29 is 19.1 Å². The van der Waals surface area contributed by atoms with Gasteiger partial charge in [-0.2, -0.15) is 5.10 Å². The van der Waals surface area contributed by atoms with Crippen molar-refractivity contribution in [3.05, 3.63) is 77.6 Å². The Balaban J connectivity index is 1.62. The van der Waals surface area contributed by atoms with Gasteiger partial charge in [-0.3, -0.25) is 9.59 Å². The van der Waals surface area contributed by atoms with E-state index in [1.807, 2.05) is 13.0 Å². The van der Waals surface area contributed by atoms with Gasteiger partial charge >= 0.3 is 5.97 Å². The highest BCUT2D eigenvalue weighted by molar-refractivity contribution is 6.02. The quantitative estimate of drug-likeness (QED) is 0.458. The summed E-state index contributed by atoms with van der Waals surface area (Å²) in [5.74, 6) is -1.14. The SMILES string of the molecule is Cc1ccnn1-c1ccc(C(=O)OC(C)C(=O)c2ccc(NC(=O)C(C)C)cc2)cc1. The number of esters is 1. The van der Waals surface area contributed by atoms with Crippen molar-refractivity contribution in [2.75, 3.05) is 5.32 Å². The molecule has 1 amide bonds. The molecule has 0 aliphatic rings. The van der Waals surface area contributed by atoms with Gasteiger partial charge in [0.25, 0.3) is 0 Å². The molecule has 1 atom stereocenters. The van der Waals surface area contributed by atoms with E-state index >= 15 is 0 Å². The number of aryl methyl sites for hydroxylation is 1. The summed E-state index contributed by atoms with van der Waals surface area (Å²) in [7, 11) is 0. The normalized spacial score (nSPS) is 11.8. The lowest BCUT2D eigenvalue weighted by atomic mass is 10.1. The highest BCUT2D eigenvalue weighted by Gasteiger charge is 2.21. The molecule has 31 heavy (non-hydrogen) atoms. The summed E-state index contributed by atoms with van der Waals surface area (Å²) in [6.07, 6.45) is 0.756. The number of hydrogen-bond acceptors (Lipinski definition) is 5. The van der Waals surface area contributed by atoms with Gasteiger partial charge in [0.15, 0.2) is 6.10 Å². The molecule has 0 saturated heterocycles. The van der Waals surface area contributed by atoms with Gasteiger partial charge in [-0.05, 0) is 68.4 Å². The smallest absolute Gasteiger partial charge is 0.338 e. The number of benzene rings is 2. The van der Waals surface area contributed by atoms with Crippen molar-refractivity contribution >= 4 is 23.3 Å². The van der Waals surface area contributed by atoms with Crippen molar-refractivity contribution in [1.29, 1.82) is 0 Å². The van der Waals surface area contributed by atoms with Gasteiger partial charge in [0.2, 0.25) is 11.7 Å². The molecule has 1 heterocycles. The number of hydrogen-bond donors (Lipinski definition) is 1. The maximum atomic E-state index is 12.6. The monoisotopic (exact) mass is 419 g/mol. The van der Waals surface area contributed by atoms with E-state index in [4.69, 9.17) is 4.74 Å². The molecule has 0 aliphatic heterocycles. The van der Waals surface area contributed by atoms with E-state index < -0.39 is 12.1 Å². The fraction of sp³-hybridized carbons (Fsp3) is 0.250. The van der Waals surface area contributed by atoms with Crippen LogP contribution in [0.1, 0.15) is 47.2 Å². The van der Waals surface area contributed by atoms with Crippen LogP contribution in [0.25, 0.3) is 5.69 Å². The van der Waals surface area contributed by atoms with Crippen molar-refractivity contribution in [2.45, 2.75) is 33.8 Å². The summed E-state index contributed by atoms with van der Waals surface area (Å²) in [5.41, 5.74) is 3.15. The van der Waals surface area contributed by atoms with Crippen LogP contribution in [0.5, 0.6) is 0 Å². The third-order valence-electron chi connectivity index (χ3n) is 4.79. The summed E-state index contributed by atoms with van der Waals surface area (Å²) in [4.78, 5) is 36.8. The second-order valence-corrected chi connectivity index (χ2v) is 7.56. The third kappa shape index (κ3) is 5.25. The molecule has 3 rings (SSSR count). The summed E-state index contributed by atoms with van der Waals surface area (Å²) in [6, 6.07) is 15.2. The molecular formula is C24H25N3O4. The van der Waals surface area contributed by atoms with Crippen LogP contribution >= 0.6 is 0 Å². The Kier molecular flexibility index (Phi) is 6.65. The number of nitrogens with zero attached hydrogens (tertiary/aromatic N) is 2. The number of aromatic nitrogens is 2. The Morgan fingerprint density at radius 3 is 2.06 bits per heavy atom. The summed E-state index contributed by atoms with van der Waals surface area (Å²) >= 11 is 0. The van der Waals surface area contributed by atoms with E-state index in [9.17, 15) is 14.4 Å². The number of carbonyl (C=O) groups excluding carboxylic acids is 3. The first-order valence-corrected chi connectivity index (χ1v) is 10.0. The second kappa shape index (κ2) is 9.38. The van der Waals surface area contributed by atoms with Crippen LogP contribution in [-0.4, -0.2) is 33.5 Å². The van der Waals surface area contributed by atoms with Crippen LogP contribution in [0, 0.1) is 12.8 Å². The van der Waals surface area contributed by atoms with Crippen molar-refractivity contribution in [3.8, 4) is 5.69 Å². The minimum atomic E-state index is -0.948. The van der Waals surface area contributed by atoms with E-state index in [-0.39, 0.29) is 17.6 Å². The lowest BCUT2D eigenvalue weighted by Gasteiger charge is -2.13. The summed E-state index contributed by atoms with van der Waals surface area (Å²) in [6.45, 7) is 7.08. The molecular weight excluding hydrogens is 394 g/mol. The first kappa shape index (κ1) is 22.0. The van der Waals surface area contributed by atoms with Gasteiger partial charge in [-0.15, -0.1) is 0 Å². The first-order chi connectivity index (χ1) is 14.8. The van der Waals surface area contributed by atoms with Gasteiger partial charge in [-0.25, -0.2) is 9.48 Å². The molecule has 160 valence electrons. The Labute approximate surface area is 181 Å². The average molecular weight is 419 g/mol. The molecule has 1 N–H and O–H groups in total. The van der Waals surface area contributed by atoms with E-state index in [2.05, 4.69) is 10.4 Å². The molecule has 0 fully saturated rings. The number of ether oxygens (including phenoxy) is 1. The van der Waals surface area contributed by atoms with Crippen molar-refractivity contribution in [3.63, 3.8) is 0 Å². The molecule has 1 unspecified atom stereocenters. The lowest BCUT2D eigenvalue weighted by Crippen LogP contribution is -2.24. The summed E-state index contributed by atoms with van der Waals surface area (Å²) < 4.78 is 7.11. The largest absolute Gasteiger partial charge is 0.451 e. The molecule has 0 radical (unpaired) electrons. The predicted molar refractivity (Wildman–Crippen MR) is 117 cm³/mol. The number of nitrogens with one attached hydrogen (secondary N) is 1. The molecule has 2 aromatic carbocycles. The van der Waals surface area contributed by atoms with Crippen LogP contribution in [0.2, 0.25) is 0 Å². The third-order valence-corrected chi connectivity index (χ3v) is 4.79. The van der Waals surface area contributed by atoms with E-state index in [1.165, 1.54) is 6.92 Å². The van der Waals surface area contributed by atoms with Crippen LogP contribution in [0.3, 0.4) is 0 Å². The molecule has 1 aromatic heterocycles. The first-order valence-electron chi connectivity index (χ1n) is 10.0. The Morgan fingerprint density at radius 2 is 1.52 bits per heavy atom.